The second-order valence-electron chi connectivity index (χ2n) is 6.57. The van der Waals surface area contributed by atoms with Gasteiger partial charge in [-0.25, -0.2) is 4.99 Å². The summed E-state index contributed by atoms with van der Waals surface area (Å²) in [6.07, 6.45) is 2.56. The number of nitrogens with one attached hydrogen (secondary N) is 1. The summed E-state index contributed by atoms with van der Waals surface area (Å²) < 4.78 is 5.41. The first-order chi connectivity index (χ1) is 11.8. The molecule has 0 saturated carbocycles. The van der Waals surface area contributed by atoms with Gasteiger partial charge in [0.1, 0.15) is 0 Å². The van der Waals surface area contributed by atoms with Gasteiger partial charge in [0, 0.05) is 39.3 Å². The van der Waals surface area contributed by atoms with Crippen LogP contribution in [0.5, 0.6) is 0 Å². The van der Waals surface area contributed by atoms with Crippen LogP contribution in [-0.4, -0.2) is 61.7 Å². The first-order valence-corrected chi connectivity index (χ1v) is 9.26. The molecule has 0 radical (unpaired) electrons. The number of aliphatic imine (C=N–C) groups is 1. The van der Waals surface area contributed by atoms with Crippen molar-refractivity contribution in [2.75, 3.05) is 45.9 Å². The summed E-state index contributed by atoms with van der Waals surface area (Å²) in [4.78, 5) is 9.64. The maximum atomic E-state index is 5.41. The van der Waals surface area contributed by atoms with Crippen molar-refractivity contribution in [1.29, 1.82) is 0 Å². The van der Waals surface area contributed by atoms with E-state index in [1.165, 1.54) is 24.0 Å². The normalized spacial score (nSPS) is 19.7. The molecule has 0 aliphatic carbocycles. The van der Waals surface area contributed by atoms with Crippen LogP contribution in [0, 0.1) is 0 Å². The topological polar surface area (TPSA) is 40.1 Å². The van der Waals surface area contributed by atoms with E-state index in [1.807, 2.05) is 0 Å². The van der Waals surface area contributed by atoms with E-state index in [9.17, 15) is 0 Å². The molecule has 5 nitrogen and oxygen atoms in total. The maximum absolute atomic E-state index is 5.41. The van der Waals surface area contributed by atoms with Crippen molar-refractivity contribution in [2.24, 2.45) is 4.99 Å². The molecule has 2 aliphatic rings. The molecule has 0 bridgehead atoms. The quantitative estimate of drug-likeness (QED) is 0.663. The van der Waals surface area contributed by atoms with Crippen molar-refractivity contribution in [1.82, 2.24) is 15.1 Å². The number of morpholine rings is 1. The molecule has 0 unspecified atom stereocenters. The van der Waals surface area contributed by atoms with Crippen LogP contribution in [0.25, 0.3) is 0 Å². The fraction of sp³-hybridized carbons (Fsp3) is 0.632. The van der Waals surface area contributed by atoms with Crippen LogP contribution in [0.4, 0.5) is 0 Å². The van der Waals surface area contributed by atoms with Crippen LogP contribution in [0.2, 0.25) is 0 Å². The lowest BCUT2D eigenvalue weighted by atomic mass is 10.1. The summed E-state index contributed by atoms with van der Waals surface area (Å²) in [7, 11) is 0. The molecule has 2 fully saturated rings. The Morgan fingerprint density at radius 1 is 1.04 bits per heavy atom. The van der Waals surface area contributed by atoms with Crippen LogP contribution in [0.1, 0.15) is 30.9 Å². The fourth-order valence-electron chi connectivity index (χ4n) is 3.29. The van der Waals surface area contributed by atoms with Gasteiger partial charge in [-0.15, -0.1) is 0 Å². The Morgan fingerprint density at radius 3 is 2.38 bits per heavy atom. The molecule has 1 aromatic carbocycles. The number of hydrogen-bond acceptors (Lipinski definition) is 3. The van der Waals surface area contributed by atoms with E-state index in [0.29, 0.717) is 0 Å². The summed E-state index contributed by atoms with van der Waals surface area (Å²) in [5, 5.41) is 3.42. The van der Waals surface area contributed by atoms with Crippen molar-refractivity contribution in [3.63, 3.8) is 0 Å². The van der Waals surface area contributed by atoms with Crippen molar-refractivity contribution >= 4 is 5.96 Å². The number of guanidine groups is 1. The lowest BCUT2D eigenvalue weighted by Gasteiger charge is -2.26. The number of rotatable bonds is 5. The van der Waals surface area contributed by atoms with E-state index < -0.39 is 0 Å². The Morgan fingerprint density at radius 2 is 1.71 bits per heavy atom. The molecule has 0 amide bonds. The second-order valence-corrected chi connectivity index (χ2v) is 6.57. The molecule has 2 aliphatic heterocycles. The Bertz CT molecular complexity index is 517. The van der Waals surface area contributed by atoms with E-state index in [0.717, 1.165) is 65.0 Å². The predicted molar refractivity (Wildman–Crippen MR) is 98.2 cm³/mol. The third kappa shape index (κ3) is 4.95. The van der Waals surface area contributed by atoms with Crippen LogP contribution in [0.15, 0.2) is 29.3 Å². The Hall–Kier alpha value is -1.59. The van der Waals surface area contributed by atoms with Crippen LogP contribution >= 0.6 is 0 Å². The lowest BCUT2D eigenvalue weighted by Crippen LogP contribution is -2.39. The highest BCUT2D eigenvalue weighted by Gasteiger charge is 2.15. The van der Waals surface area contributed by atoms with Gasteiger partial charge < -0.3 is 15.0 Å². The number of nitrogens with zero attached hydrogens (tertiary/aromatic N) is 3. The van der Waals surface area contributed by atoms with Gasteiger partial charge in [-0.2, -0.15) is 0 Å². The minimum atomic E-state index is 0.747. The summed E-state index contributed by atoms with van der Waals surface area (Å²) >= 11 is 0. The van der Waals surface area contributed by atoms with Crippen molar-refractivity contribution < 1.29 is 4.74 Å². The highest BCUT2D eigenvalue weighted by molar-refractivity contribution is 5.80. The monoisotopic (exact) mass is 330 g/mol. The van der Waals surface area contributed by atoms with Gasteiger partial charge in [-0.3, -0.25) is 4.90 Å². The average Bonchev–Trinajstić information content (AvgIpc) is 3.15. The van der Waals surface area contributed by atoms with Crippen molar-refractivity contribution in [2.45, 2.75) is 32.9 Å². The molecule has 24 heavy (non-hydrogen) atoms. The number of hydrogen-bond donors (Lipinski definition) is 1. The maximum Gasteiger partial charge on any atom is 0.194 e. The number of likely N-dealkylation sites (tertiary alicyclic amines) is 1. The predicted octanol–water partition coefficient (Wildman–Crippen LogP) is 2.08. The van der Waals surface area contributed by atoms with Gasteiger partial charge in [0.25, 0.3) is 0 Å². The SMILES string of the molecule is CCNC(=NCc1ccc(CN2CCOCC2)cc1)N1CCCC1. The van der Waals surface area contributed by atoms with Gasteiger partial charge in [-0.1, -0.05) is 24.3 Å². The molecule has 0 spiro atoms. The van der Waals surface area contributed by atoms with E-state index in [2.05, 4.69) is 46.3 Å². The highest BCUT2D eigenvalue weighted by Crippen LogP contribution is 2.11. The van der Waals surface area contributed by atoms with Crippen LogP contribution in [0.3, 0.4) is 0 Å². The van der Waals surface area contributed by atoms with Gasteiger partial charge in [-0.05, 0) is 30.9 Å². The van der Waals surface area contributed by atoms with E-state index in [4.69, 9.17) is 9.73 Å². The van der Waals surface area contributed by atoms with Crippen molar-refractivity contribution in [3.05, 3.63) is 35.4 Å². The third-order valence-electron chi connectivity index (χ3n) is 4.68. The number of ether oxygens (including phenoxy) is 1. The smallest absolute Gasteiger partial charge is 0.194 e. The van der Waals surface area contributed by atoms with Gasteiger partial charge in [0.05, 0.1) is 19.8 Å². The largest absolute Gasteiger partial charge is 0.379 e. The minimum absolute atomic E-state index is 0.747. The molecule has 132 valence electrons. The third-order valence-corrected chi connectivity index (χ3v) is 4.68. The second kappa shape index (κ2) is 9.04. The summed E-state index contributed by atoms with van der Waals surface area (Å²) in [6.45, 7) is 10.9. The molecule has 0 atom stereocenters. The first-order valence-electron chi connectivity index (χ1n) is 9.26. The van der Waals surface area contributed by atoms with Gasteiger partial charge in [0.2, 0.25) is 0 Å². The minimum Gasteiger partial charge on any atom is -0.379 e. The lowest BCUT2D eigenvalue weighted by molar-refractivity contribution is 0.0342. The summed E-state index contributed by atoms with van der Waals surface area (Å²) in [5.41, 5.74) is 2.64. The molecular formula is C19H30N4O. The molecule has 2 saturated heterocycles. The van der Waals surface area contributed by atoms with E-state index in [-0.39, 0.29) is 0 Å². The van der Waals surface area contributed by atoms with Crippen molar-refractivity contribution in [3.8, 4) is 0 Å². The zero-order valence-corrected chi connectivity index (χ0v) is 14.8. The molecule has 0 aromatic heterocycles. The zero-order chi connectivity index (χ0) is 16.6. The first kappa shape index (κ1) is 17.2. The number of benzene rings is 1. The standard InChI is InChI=1S/C19H30N4O/c1-2-20-19(23-9-3-4-10-23)21-15-17-5-7-18(8-6-17)16-22-11-13-24-14-12-22/h5-8H,2-4,9-16H2,1H3,(H,20,21). The zero-order valence-electron chi connectivity index (χ0n) is 14.8. The Balaban J connectivity index is 1.55. The van der Waals surface area contributed by atoms with Crippen LogP contribution in [-0.2, 0) is 17.8 Å². The van der Waals surface area contributed by atoms with E-state index >= 15 is 0 Å². The molecule has 1 N–H and O–H groups in total. The molecule has 5 heteroatoms. The molecular weight excluding hydrogens is 300 g/mol. The van der Waals surface area contributed by atoms with Gasteiger partial charge >= 0.3 is 0 Å². The average molecular weight is 330 g/mol. The Labute approximate surface area is 145 Å². The molecule has 1 aromatic rings. The van der Waals surface area contributed by atoms with Crippen LogP contribution < -0.4 is 5.32 Å². The Kier molecular flexibility index (Phi) is 6.49. The highest BCUT2D eigenvalue weighted by atomic mass is 16.5. The van der Waals surface area contributed by atoms with Gasteiger partial charge in [0.15, 0.2) is 5.96 Å². The molecule has 3 rings (SSSR count). The summed E-state index contributed by atoms with van der Waals surface area (Å²) in [6, 6.07) is 8.91. The fourth-order valence-corrected chi connectivity index (χ4v) is 3.29. The summed E-state index contributed by atoms with van der Waals surface area (Å²) in [5.74, 6) is 1.06. The molecule has 2 heterocycles. The van der Waals surface area contributed by atoms with E-state index in [1.54, 1.807) is 0 Å².